The van der Waals surface area contributed by atoms with Crippen molar-refractivity contribution in [2.45, 2.75) is 6.92 Å². The quantitative estimate of drug-likeness (QED) is 0.904. The smallest absolute Gasteiger partial charge is 0.343 e. The zero-order chi connectivity index (χ0) is 14.9. The Morgan fingerprint density at radius 3 is 2.70 bits per heavy atom. The Hall–Kier alpha value is -2.34. The highest BCUT2D eigenvalue weighted by Gasteiger charge is 2.17. The van der Waals surface area contributed by atoms with Crippen LogP contribution in [0.25, 0.3) is 11.4 Å². The number of benzene rings is 1. The number of hydrogen-bond donors (Lipinski definition) is 2. The minimum Gasteiger partial charge on any atom is -0.496 e. The Bertz CT molecular complexity index is 740. The number of ether oxygens (including phenoxy) is 1. The van der Waals surface area contributed by atoms with Crippen LogP contribution >= 0.6 is 11.6 Å². The number of carboxylic acids is 1. The molecule has 1 aromatic carbocycles. The van der Waals surface area contributed by atoms with Crippen LogP contribution in [0.5, 0.6) is 5.75 Å². The number of methoxy groups -OCH3 is 1. The molecule has 2 rings (SSSR count). The molecule has 0 aliphatic carbocycles. The molecule has 0 saturated carbocycles. The fourth-order valence-corrected chi connectivity index (χ4v) is 2.00. The number of aromatic amines is 1. The van der Waals surface area contributed by atoms with Crippen LogP contribution in [0.1, 0.15) is 16.1 Å². The number of H-pyrrole nitrogens is 1. The van der Waals surface area contributed by atoms with Gasteiger partial charge in [0.15, 0.2) is 0 Å². The van der Waals surface area contributed by atoms with E-state index in [1.165, 1.54) is 14.0 Å². The second kappa shape index (κ2) is 5.34. The number of aromatic carboxylic acids is 1. The molecule has 1 heterocycles. The highest BCUT2D eigenvalue weighted by molar-refractivity contribution is 6.30. The third kappa shape index (κ3) is 2.50. The lowest BCUT2D eigenvalue weighted by Gasteiger charge is -2.09. The number of hydrogen-bond acceptors (Lipinski definition) is 4. The molecule has 2 N–H and O–H groups in total. The number of rotatable bonds is 3. The van der Waals surface area contributed by atoms with Crippen molar-refractivity contribution in [1.82, 2.24) is 9.97 Å². The van der Waals surface area contributed by atoms with Crippen molar-refractivity contribution in [3.05, 3.63) is 44.8 Å². The molecule has 104 valence electrons. The van der Waals surface area contributed by atoms with E-state index >= 15 is 0 Å². The Morgan fingerprint density at radius 1 is 1.45 bits per heavy atom. The fourth-order valence-electron chi connectivity index (χ4n) is 1.83. The summed E-state index contributed by atoms with van der Waals surface area (Å²) in [5.41, 5.74) is -0.493. The van der Waals surface area contributed by atoms with Gasteiger partial charge >= 0.3 is 5.97 Å². The minimum absolute atomic E-state index is 0.123. The zero-order valence-electron chi connectivity index (χ0n) is 10.7. The van der Waals surface area contributed by atoms with Crippen LogP contribution in [-0.2, 0) is 0 Å². The summed E-state index contributed by atoms with van der Waals surface area (Å²) in [4.78, 5) is 29.3. The molecular formula is C13H11ClN2O4. The van der Waals surface area contributed by atoms with Crippen molar-refractivity contribution in [1.29, 1.82) is 0 Å². The molecule has 0 amide bonds. The van der Waals surface area contributed by atoms with Gasteiger partial charge in [-0.2, -0.15) is 0 Å². The predicted octanol–water partition coefficient (Wildman–Crippen LogP) is 2.11. The largest absolute Gasteiger partial charge is 0.496 e. The fraction of sp³-hybridized carbons (Fsp3) is 0.154. The summed E-state index contributed by atoms with van der Waals surface area (Å²) in [6.45, 7) is 1.46. The Kier molecular flexibility index (Phi) is 3.76. The van der Waals surface area contributed by atoms with Gasteiger partial charge in [0.1, 0.15) is 17.1 Å². The average molecular weight is 295 g/mol. The van der Waals surface area contributed by atoms with Crippen molar-refractivity contribution in [2.24, 2.45) is 0 Å². The summed E-state index contributed by atoms with van der Waals surface area (Å²) < 4.78 is 5.18. The van der Waals surface area contributed by atoms with Gasteiger partial charge < -0.3 is 14.8 Å². The second-order valence-electron chi connectivity index (χ2n) is 4.02. The monoisotopic (exact) mass is 294 g/mol. The van der Waals surface area contributed by atoms with Crippen molar-refractivity contribution in [2.75, 3.05) is 7.11 Å². The molecule has 0 unspecified atom stereocenters. The van der Waals surface area contributed by atoms with E-state index in [2.05, 4.69) is 9.97 Å². The highest BCUT2D eigenvalue weighted by atomic mass is 35.5. The van der Waals surface area contributed by atoms with Gasteiger partial charge in [0.05, 0.1) is 18.4 Å². The lowest BCUT2D eigenvalue weighted by molar-refractivity contribution is 0.0693. The molecule has 2 aromatic rings. The number of aromatic nitrogens is 2. The summed E-state index contributed by atoms with van der Waals surface area (Å²) in [7, 11) is 1.48. The summed E-state index contributed by atoms with van der Waals surface area (Å²) in [5.74, 6) is -0.641. The number of aryl methyl sites for hydroxylation is 1. The van der Waals surface area contributed by atoms with Crippen LogP contribution in [0.4, 0.5) is 0 Å². The molecule has 1 aromatic heterocycles. The first-order valence-corrected chi connectivity index (χ1v) is 6.00. The van der Waals surface area contributed by atoms with Crippen molar-refractivity contribution < 1.29 is 14.6 Å². The standard InChI is InChI=1S/C13H11ClN2O4/c1-6-10(13(18)19)12(17)16-11(15-6)8-5-7(14)3-4-9(8)20-2/h3-5H,1-2H3,(H,18,19)(H,15,16,17). The van der Waals surface area contributed by atoms with Crippen molar-refractivity contribution >= 4 is 17.6 Å². The molecule has 0 fully saturated rings. The minimum atomic E-state index is -1.32. The Balaban J connectivity index is 2.69. The number of carbonyl (C=O) groups is 1. The first-order valence-electron chi connectivity index (χ1n) is 5.62. The average Bonchev–Trinajstić information content (AvgIpc) is 2.37. The maximum absolute atomic E-state index is 11.8. The van der Waals surface area contributed by atoms with E-state index in [4.69, 9.17) is 21.4 Å². The van der Waals surface area contributed by atoms with E-state index in [1.807, 2.05) is 0 Å². The summed E-state index contributed by atoms with van der Waals surface area (Å²) in [6, 6.07) is 4.86. The number of nitrogens with one attached hydrogen (secondary N) is 1. The molecular weight excluding hydrogens is 284 g/mol. The number of nitrogens with zero attached hydrogens (tertiary/aromatic N) is 1. The van der Waals surface area contributed by atoms with Gasteiger partial charge in [0.2, 0.25) is 0 Å². The first kappa shape index (κ1) is 14.1. The summed E-state index contributed by atoms with van der Waals surface area (Å²) in [5, 5.41) is 9.39. The second-order valence-corrected chi connectivity index (χ2v) is 4.46. The van der Waals surface area contributed by atoms with E-state index in [9.17, 15) is 9.59 Å². The third-order valence-electron chi connectivity index (χ3n) is 2.73. The van der Waals surface area contributed by atoms with E-state index in [0.717, 1.165) is 0 Å². The maximum Gasteiger partial charge on any atom is 0.343 e. The Morgan fingerprint density at radius 2 is 2.15 bits per heavy atom. The van der Waals surface area contributed by atoms with Gasteiger partial charge in [0.25, 0.3) is 5.56 Å². The molecule has 7 heteroatoms. The van der Waals surface area contributed by atoms with Gasteiger partial charge in [-0.15, -0.1) is 0 Å². The molecule has 0 atom stereocenters. The zero-order valence-corrected chi connectivity index (χ0v) is 11.5. The van der Waals surface area contributed by atoms with Crippen LogP contribution in [0.3, 0.4) is 0 Å². The van der Waals surface area contributed by atoms with Gasteiger partial charge in [-0.1, -0.05) is 11.6 Å². The SMILES string of the molecule is COc1ccc(Cl)cc1-c1nc(C)c(C(=O)O)c(=O)[nH]1. The van der Waals surface area contributed by atoms with Crippen LogP contribution < -0.4 is 10.3 Å². The highest BCUT2D eigenvalue weighted by Crippen LogP contribution is 2.29. The first-order chi connectivity index (χ1) is 9.43. The number of carboxylic acid groups (broad SMARTS) is 1. The van der Waals surface area contributed by atoms with Gasteiger partial charge in [0, 0.05) is 5.02 Å². The Labute approximate surface area is 119 Å². The summed E-state index contributed by atoms with van der Waals surface area (Å²) >= 11 is 5.92. The van der Waals surface area contributed by atoms with Crippen LogP contribution in [0.2, 0.25) is 5.02 Å². The van der Waals surface area contributed by atoms with Crippen molar-refractivity contribution in [3.8, 4) is 17.1 Å². The molecule has 0 radical (unpaired) electrons. The normalized spacial score (nSPS) is 10.3. The van der Waals surface area contributed by atoms with E-state index in [-0.39, 0.29) is 17.1 Å². The van der Waals surface area contributed by atoms with Gasteiger partial charge in [-0.25, -0.2) is 9.78 Å². The topological polar surface area (TPSA) is 92.3 Å². The van der Waals surface area contributed by atoms with E-state index in [1.54, 1.807) is 18.2 Å². The number of halogens is 1. The van der Waals surface area contributed by atoms with E-state index in [0.29, 0.717) is 16.3 Å². The van der Waals surface area contributed by atoms with Crippen LogP contribution in [0, 0.1) is 6.92 Å². The summed E-state index contributed by atoms with van der Waals surface area (Å²) in [6.07, 6.45) is 0. The molecule has 0 aliphatic rings. The lowest BCUT2D eigenvalue weighted by atomic mass is 10.1. The van der Waals surface area contributed by atoms with E-state index < -0.39 is 11.5 Å². The van der Waals surface area contributed by atoms with Crippen molar-refractivity contribution in [3.63, 3.8) is 0 Å². The molecule has 0 aliphatic heterocycles. The van der Waals surface area contributed by atoms with Gasteiger partial charge in [-0.05, 0) is 25.1 Å². The third-order valence-corrected chi connectivity index (χ3v) is 2.97. The van der Waals surface area contributed by atoms with Crippen LogP contribution in [0.15, 0.2) is 23.0 Å². The molecule has 0 saturated heterocycles. The lowest BCUT2D eigenvalue weighted by Crippen LogP contribution is -2.21. The predicted molar refractivity (Wildman–Crippen MR) is 73.6 cm³/mol. The van der Waals surface area contributed by atoms with Gasteiger partial charge in [-0.3, -0.25) is 4.79 Å². The maximum atomic E-state index is 11.8. The van der Waals surface area contributed by atoms with Crippen LogP contribution in [-0.4, -0.2) is 28.2 Å². The molecule has 6 nitrogen and oxygen atoms in total. The molecule has 0 spiro atoms. The molecule has 0 bridgehead atoms. The molecule has 20 heavy (non-hydrogen) atoms.